The molecule has 0 radical (unpaired) electrons. The van der Waals surface area contributed by atoms with Crippen molar-refractivity contribution < 1.29 is 23.8 Å². The normalized spacial score (nSPS) is 15.0. The van der Waals surface area contributed by atoms with Crippen LogP contribution in [0, 0.1) is 5.92 Å². The van der Waals surface area contributed by atoms with Crippen LogP contribution in [0.2, 0.25) is 5.02 Å². The molecule has 2 N–H and O–H groups in total. The highest BCUT2D eigenvalue weighted by Crippen LogP contribution is 2.30. The third-order valence-electron chi connectivity index (χ3n) is 4.13. The SMILES string of the molecule is CCOc1ccccc1OCC(=O)NNC(=O)C1COc2ccc(Cl)cc2C1. The minimum absolute atomic E-state index is 0.231. The molecule has 1 heterocycles. The summed E-state index contributed by atoms with van der Waals surface area (Å²) in [6.45, 7) is 2.32. The average Bonchev–Trinajstić information content (AvgIpc) is 2.71. The minimum atomic E-state index is -0.486. The molecule has 1 aliphatic rings. The molecular weight excluding hydrogens is 384 g/mol. The van der Waals surface area contributed by atoms with Gasteiger partial charge in [-0.15, -0.1) is 0 Å². The Hall–Kier alpha value is -2.93. The fourth-order valence-electron chi connectivity index (χ4n) is 2.79. The molecule has 1 atom stereocenters. The lowest BCUT2D eigenvalue weighted by Gasteiger charge is -2.24. The van der Waals surface area contributed by atoms with Gasteiger partial charge in [0.25, 0.3) is 5.91 Å². The van der Waals surface area contributed by atoms with E-state index in [1.54, 1.807) is 36.4 Å². The third kappa shape index (κ3) is 5.07. The quantitative estimate of drug-likeness (QED) is 0.722. The predicted octanol–water partition coefficient (Wildman–Crippen LogP) is 2.52. The van der Waals surface area contributed by atoms with E-state index in [0.29, 0.717) is 29.5 Å². The number of nitrogens with one attached hydrogen (secondary N) is 2. The van der Waals surface area contributed by atoms with Crippen molar-refractivity contribution >= 4 is 23.4 Å². The maximum absolute atomic E-state index is 12.3. The number of rotatable bonds is 6. The van der Waals surface area contributed by atoms with Gasteiger partial charge in [0.05, 0.1) is 12.5 Å². The number of amides is 2. The molecule has 0 spiro atoms. The first-order chi connectivity index (χ1) is 13.6. The van der Waals surface area contributed by atoms with Gasteiger partial charge in [-0.25, -0.2) is 0 Å². The number of hydrogen-bond acceptors (Lipinski definition) is 5. The van der Waals surface area contributed by atoms with Crippen molar-refractivity contribution in [3.8, 4) is 17.2 Å². The number of para-hydroxylation sites is 2. The van der Waals surface area contributed by atoms with Crippen LogP contribution in [0.25, 0.3) is 0 Å². The summed E-state index contributed by atoms with van der Waals surface area (Å²) in [6, 6.07) is 12.4. The van der Waals surface area contributed by atoms with Crippen LogP contribution < -0.4 is 25.1 Å². The Morgan fingerprint density at radius 1 is 1.14 bits per heavy atom. The Morgan fingerprint density at radius 2 is 1.89 bits per heavy atom. The molecule has 7 nitrogen and oxygen atoms in total. The van der Waals surface area contributed by atoms with Crippen LogP contribution in [0.4, 0.5) is 0 Å². The first kappa shape index (κ1) is 19.8. The van der Waals surface area contributed by atoms with E-state index in [0.717, 1.165) is 11.3 Å². The lowest BCUT2D eigenvalue weighted by molar-refractivity contribution is -0.132. The van der Waals surface area contributed by atoms with Crippen molar-refractivity contribution in [3.63, 3.8) is 0 Å². The topological polar surface area (TPSA) is 85.9 Å². The van der Waals surface area contributed by atoms with Crippen molar-refractivity contribution in [1.29, 1.82) is 0 Å². The third-order valence-corrected chi connectivity index (χ3v) is 4.37. The number of hydrogen-bond donors (Lipinski definition) is 2. The van der Waals surface area contributed by atoms with E-state index in [4.69, 9.17) is 25.8 Å². The zero-order valence-corrected chi connectivity index (χ0v) is 16.1. The summed E-state index contributed by atoms with van der Waals surface area (Å²) in [6.07, 6.45) is 0.482. The van der Waals surface area contributed by atoms with Crippen LogP contribution in [0.5, 0.6) is 17.2 Å². The molecule has 28 heavy (non-hydrogen) atoms. The highest BCUT2D eigenvalue weighted by molar-refractivity contribution is 6.30. The summed E-state index contributed by atoms with van der Waals surface area (Å²) < 4.78 is 16.5. The van der Waals surface area contributed by atoms with Gasteiger partial charge in [-0.1, -0.05) is 23.7 Å². The second-order valence-corrected chi connectivity index (χ2v) is 6.61. The van der Waals surface area contributed by atoms with E-state index in [-0.39, 0.29) is 19.1 Å². The van der Waals surface area contributed by atoms with E-state index in [9.17, 15) is 9.59 Å². The molecule has 148 valence electrons. The second-order valence-electron chi connectivity index (χ2n) is 6.17. The molecule has 2 aromatic carbocycles. The Bertz CT molecular complexity index is 858. The summed E-state index contributed by atoms with van der Waals surface area (Å²) in [5.74, 6) is 0.483. The van der Waals surface area contributed by atoms with Crippen LogP contribution in [0.3, 0.4) is 0 Å². The zero-order valence-electron chi connectivity index (χ0n) is 15.4. The van der Waals surface area contributed by atoms with Crippen molar-refractivity contribution in [3.05, 3.63) is 53.1 Å². The van der Waals surface area contributed by atoms with E-state index in [1.165, 1.54) is 0 Å². The summed E-state index contributed by atoms with van der Waals surface area (Å²) in [5, 5.41) is 0.584. The molecule has 0 saturated heterocycles. The summed E-state index contributed by atoms with van der Waals surface area (Å²) >= 11 is 5.99. The number of fused-ring (bicyclic) bond motifs is 1. The van der Waals surface area contributed by atoms with Gasteiger partial charge >= 0.3 is 0 Å². The van der Waals surface area contributed by atoms with Gasteiger partial charge in [-0.3, -0.25) is 20.4 Å². The van der Waals surface area contributed by atoms with E-state index >= 15 is 0 Å². The monoisotopic (exact) mass is 404 g/mol. The fourth-order valence-corrected chi connectivity index (χ4v) is 2.98. The first-order valence-electron chi connectivity index (χ1n) is 8.91. The summed E-state index contributed by atoms with van der Waals surface area (Å²) in [5.41, 5.74) is 5.62. The van der Waals surface area contributed by atoms with Gasteiger partial charge in [-0.05, 0) is 49.2 Å². The molecule has 1 aliphatic heterocycles. The molecule has 8 heteroatoms. The van der Waals surface area contributed by atoms with Gasteiger partial charge in [0.15, 0.2) is 18.1 Å². The maximum Gasteiger partial charge on any atom is 0.276 e. The van der Waals surface area contributed by atoms with Crippen LogP contribution in [0.15, 0.2) is 42.5 Å². The van der Waals surface area contributed by atoms with Crippen LogP contribution in [-0.2, 0) is 16.0 Å². The predicted molar refractivity (Wildman–Crippen MR) is 104 cm³/mol. The number of carbonyl (C=O) groups is 2. The average molecular weight is 405 g/mol. The highest BCUT2D eigenvalue weighted by Gasteiger charge is 2.26. The highest BCUT2D eigenvalue weighted by atomic mass is 35.5. The molecular formula is C20H21ClN2O5. The number of carbonyl (C=O) groups excluding carboxylic acids is 2. The smallest absolute Gasteiger partial charge is 0.276 e. The van der Waals surface area contributed by atoms with Gasteiger partial charge < -0.3 is 14.2 Å². The van der Waals surface area contributed by atoms with Gasteiger partial charge in [0.1, 0.15) is 12.4 Å². The van der Waals surface area contributed by atoms with E-state index in [1.807, 2.05) is 13.0 Å². The molecule has 0 bridgehead atoms. The van der Waals surface area contributed by atoms with Gasteiger partial charge in [-0.2, -0.15) is 0 Å². The summed E-state index contributed by atoms with van der Waals surface area (Å²) in [4.78, 5) is 24.3. The second kappa shape index (κ2) is 9.32. The minimum Gasteiger partial charge on any atom is -0.492 e. The van der Waals surface area contributed by atoms with E-state index in [2.05, 4.69) is 10.9 Å². The Labute approximate surface area is 167 Å². The number of halogens is 1. The van der Waals surface area contributed by atoms with Crippen LogP contribution in [-0.4, -0.2) is 31.6 Å². The molecule has 2 aromatic rings. The van der Waals surface area contributed by atoms with Gasteiger partial charge in [0, 0.05) is 5.02 Å². The zero-order chi connectivity index (χ0) is 19.9. The number of ether oxygens (including phenoxy) is 3. The summed E-state index contributed by atoms with van der Waals surface area (Å²) in [7, 11) is 0. The molecule has 0 fully saturated rings. The maximum atomic E-state index is 12.3. The van der Waals surface area contributed by atoms with Crippen LogP contribution >= 0.6 is 11.6 Å². The van der Waals surface area contributed by atoms with Crippen molar-refractivity contribution in [2.75, 3.05) is 19.8 Å². The first-order valence-corrected chi connectivity index (χ1v) is 9.29. The Balaban J connectivity index is 1.47. The lowest BCUT2D eigenvalue weighted by atomic mass is 9.96. The molecule has 0 saturated carbocycles. The van der Waals surface area contributed by atoms with Crippen molar-refractivity contribution in [2.45, 2.75) is 13.3 Å². The van der Waals surface area contributed by atoms with Crippen molar-refractivity contribution in [2.24, 2.45) is 5.92 Å². The lowest BCUT2D eigenvalue weighted by Crippen LogP contribution is -2.48. The molecule has 2 amide bonds. The largest absolute Gasteiger partial charge is 0.492 e. The molecule has 1 unspecified atom stereocenters. The number of hydrazine groups is 1. The molecule has 0 aliphatic carbocycles. The van der Waals surface area contributed by atoms with Crippen molar-refractivity contribution in [1.82, 2.24) is 10.9 Å². The van der Waals surface area contributed by atoms with E-state index < -0.39 is 11.8 Å². The number of benzene rings is 2. The Kier molecular flexibility index (Phi) is 6.60. The molecule has 3 rings (SSSR count). The standard InChI is InChI=1S/C20H21ClN2O5/c1-2-26-17-5-3-4-6-18(17)28-12-19(24)22-23-20(25)14-9-13-10-15(21)7-8-16(13)27-11-14/h3-8,10,14H,2,9,11-12H2,1H3,(H,22,24)(H,23,25). The fraction of sp³-hybridized carbons (Fsp3) is 0.300. The van der Waals surface area contributed by atoms with Gasteiger partial charge in [0.2, 0.25) is 5.91 Å². The molecule has 0 aromatic heterocycles. The Morgan fingerprint density at radius 3 is 2.64 bits per heavy atom. The van der Waals surface area contributed by atoms with Crippen LogP contribution in [0.1, 0.15) is 12.5 Å².